The smallest absolute Gasteiger partial charge is 0.277 e. The Morgan fingerprint density at radius 1 is 1.19 bits per heavy atom. The molecule has 2 aromatic carbocycles. The predicted octanol–water partition coefficient (Wildman–Crippen LogP) is 2.81. The molecule has 2 aliphatic rings. The van der Waals surface area contributed by atoms with Gasteiger partial charge in [0.25, 0.3) is 11.1 Å². The van der Waals surface area contributed by atoms with E-state index in [1.165, 1.54) is 0 Å². The normalized spacial score (nSPS) is 19.7. The van der Waals surface area contributed by atoms with Gasteiger partial charge in [-0.25, -0.2) is 0 Å². The molecule has 1 aromatic heterocycles. The summed E-state index contributed by atoms with van der Waals surface area (Å²) < 4.78 is 17.2. The highest BCUT2D eigenvalue weighted by molar-refractivity contribution is 8.00. The van der Waals surface area contributed by atoms with E-state index in [4.69, 9.17) is 13.9 Å². The number of nitrogens with one attached hydrogen (secondary N) is 3. The van der Waals surface area contributed by atoms with Crippen molar-refractivity contribution in [3.63, 3.8) is 0 Å². The van der Waals surface area contributed by atoms with Crippen LogP contribution in [-0.4, -0.2) is 39.4 Å². The van der Waals surface area contributed by atoms with Gasteiger partial charge in [-0.3, -0.25) is 4.79 Å². The summed E-state index contributed by atoms with van der Waals surface area (Å²) in [6, 6.07) is 12.6. The quantitative estimate of drug-likeness (QED) is 0.438. The van der Waals surface area contributed by atoms with Crippen LogP contribution in [0.3, 0.4) is 0 Å². The summed E-state index contributed by atoms with van der Waals surface area (Å²) in [5, 5.41) is 26.0. The van der Waals surface area contributed by atoms with Crippen molar-refractivity contribution in [2.75, 3.05) is 22.6 Å². The number of nitrogens with zero attached hydrogens (tertiary/aromatic N) is 2. The monoisotopic (exact) mass is 441 g/mol. The molecule has 1 amide bonds. The van der Waals surface area contributed by atoms with Gasteiger partial charge in [0.15, 0.2) is 11.5 Å². The average Bonchev–Trinajstić information content (AvgIpc) is 3.38. The van der Waals surface area contributed by atoms with Crippen LogP contribution in [0.25, 0.3) is 0 Å². The maximum Gasteiger partial charge on any atom is 0.277 e. The molecule has 5 rings (SSSR count). The van der Waals surface area contributed by atoms with Gasteiger partial charge in [0.2, 0.25) is 18.4 Å². The van der Waals surface area contributed by atoms with Crippen LogP contribution in [0.15, 0.2) is 52.1 Å². The number of carbonyl (C=O) groups excluding carboxylic acids is 1. The summed E-state index contributed by atoms with van der Waals surface area (Å²) in [4.78, 5) is 12.6. The number of anilines is 3. The van der Waals surface area contributed by atoms with Crippen LogP contribution >= 0.6 is 11.8 Å². The van der Waals surface area contributed by atoms with Crippen molar-refractivity contribution in [3.8, 4) is 11.5 Å². The molecule has 3 aromatic rings. The van der Waals surface area contributed by atoms with Crippen molar-refractivity contribution in [1.29, 1.82) is 0 Å². The lowest BCUT2D eigenvalue weighted by Gasteiger charge is -2.23. The maximum absolute atomic E-state index is 12.6. The third-order valence-electron chi connectivity index (χ3n) is 4.72. The van der Waals surface area contributed by atoms with Gasteiger partial charge in [-0.1, -0.05) is 23.9 Å². The summed E-state index contributed by atoms with van der Waals surface area (Å²) >= 11 is 1.15. The number of hydrogen-bond donors (Lipinski definition) is 4. The molecule has 0 fully saturated rings. The lowest BCUT2D eigenvalue weighted by molar-refractivity contribution is -0.115. The van der Waals surface area contributed by atoms with Crippen molar-refractivity contribution in [1.82, 2.24) is 10.2 Å². The number of rotatable bonds is 5. The molecular weight excluding hydrogens is 422 g/mol. The standard InChI is InChI=1S/C20H19N5O5S/c1-10(17(26)21-11-6-7-12-13(8-11)23-19(27)22-12)31-20-25-24-18(30-20)16-9-28-14-4-2-3-5-15(14)29-16/h2-8,10,16,19,22-23,27H,9H2,1H3,(H,21,26)/t10-,16+,19?/m0/s1. The van der Waals surface area contributed by atoms with Gasteiger partial charge in [0, 0.05) is 5.69 Å². The maximum atomic E-state index is 12.6. The number of carbonyl (C=O) groups is 1. The number of aromatic nitrogens is 2. The Labute approximate surface area is 181 Å². The number of aliphatic hydroxyl groups excluding tert-OH is 1. The van der Waals surface area contributed by atoms with E-state index in [9.17, 15) is 9.90 Å². The van der Waals surface area contributed by atoms with Gasteiger partial charge >= 0.3 is 0 Å². The predicted molar refractivity (Wildman–Crippen MR) is 113 cm³/mol. The van der Waals surface area contributed by atoms with Gasteiger partial charge in [0.05, 0.1) is 16.6 Å². The molecule has 3 heterocycles. The topological polar surface area (TPSA) is 131 Å². The minimum atomic E-state index is -0.839. The van der Waals surface area contributed by atoms with Gasteiger partial charge < -0.3 is 34.9 Å². The minimum absolute atomic E-state index is 0.220. The molecule has 0 saturated heterocycles. The molecule has 0 saturated carbocycles. The third kappa shape index (κ3) is 4.09. The van der Waals surface area contributed by atoms with Crippen LogP contribution in [0.2, 0.25) is 0 Å². The zero-order chi connectivity index (χ0) is 21.4. The lowest BCUT2D eigenvalue weighted by Crippen LogP contribution is -2.22. The molecule has 2 aliphatic heterocycles. The number of para-hydroxylation sites is 2. The number of ether oxygens (including phenoxy) is 2. The number of benzene rings is 2. The Bertz CT molecular complexity index is 1120. The molecule has 10 nitrogen and oxygen atoms in total. The second kappa shape index (κ2) is 8.00. The fourth-order valence-electron chi connectivity index (χ4n) is 3.19. The van der Waals surface area contributed by atoms with Crippen LogP contribution in [0.1, 0.15) is 18.9 Å². The van der Waals surface area contributed by atoms with Crippen LogP contribution in [0, 0.1) is 0 Å². The molecule has 1 unspecified atom stereocenters. The Balaban J connectivity index is 1.20. The molecule has 0 bridgehead atoms. The number of amides is 1. The fraction of sp³-hybridized carbons (Fsp3) is 0.250. The molecule has 11 heteroatoms. The Kier molecular flexibility index (Phi) is 5.04. The largest absolute Gasteiger partial charge is 0.485 e. The summed E-state index contributed by atoms with van der Waals surface area (Å²) in [6.07, 6.45) is -1.35. The summed E-state index contributed by atoms with van der Waals surface area (Å²) in [5.74, 6) is 1.36. The van der Waals surface area contributed by atoms with Crippen molar-refractivity contribution in [2.24, 2.45) is 0 Å². The highest BCUT2D eigenvalue weighted by atomic mass is 32.2. The number of hydrogen-bond acceptors (Lipinski definition) is 10. The van der Waals surface area contributed by atoms with Crippen molar-refractivity contribution in [3.05, 3.63) is 48.4 Å². The van der Waals surface area contributed by atoms with Gasteiger partial charge in [0.1, 0.15) is 6.61 Å². The van der Waals surface area contributed by atoms with E-state index < -0.39 is 17.7 Å². The zero-order valence-corrected chi connectivity index (χ0v) is 17.2. The first-order valence-electron chi connectivity index (χ1n) is 9.60. The SMILES string of the molecule is C[C@H](Sc1nnc([C@H]2COc3ccccc3O2)o1)C(=O)Nc1ccc2c(c1)NC(O)N2. The molecule has 0 spiro atoms. The Morgan fingerprint density at radius 3 is 2.87 bits per heavy atom. The number of aliphatic hydroxyl groups is 1. The second-order valence-electron chi connectivity index (χ2n) is 6.97. The van der Waals surface area contributed by atoms with E-state index in [0.29, 0.717) is 28.8 Å². The second-order valence-corrected chi connectivity index (χ2v) is 8.26. The molecule has 0 aliphatic carbocycles. The summed E-state index contributed by atoms with van der Waals surface area (Å²) in [5.41, 5.74) is 2.09. The van der Waals surface area contributed by atoms with Crippen LogP contribution in [0.5, 0.6) is 11.5 Å². The van der Waals surface area contributed by atoms with E-state index in [0.717, 1.165) is 17.4 Å². The van der Waals surface area contributed by atoms with E-state index in [2.05, 4.69) is 26.1 Å². The first-order chi connectivity index (χ1) is 15.0. The van der Waals surface area contributed by atoms with Gasteiger partial charge in [-0.05, 0) is 37.3 Å². The van der Waals surface area contributed by atoms with Crippen LogP contribution < -0.4 is 25.4 Å². The molecular formula is C20H19N5O5S. The lowest BCUT2D eigenvalue weighted by atomic mass is 10.2. The zero-order valence-electron chi connectivity index (χ0n) is 16.4. The number of thioether (sulfide) groups is 1. The Morgan fingerprint density at radius 2 is 2.00 bits per heavy atom. The van der Waals surface area contributed by atoms with Crippen LogP contribution in [-0.2, 0) is 4.79 Å². The van der Waals surface area contributed by atoms with E-state index in [1.54, 1.807) is 25.1 Å². The summed E-state index contributed by atoms with van der Waals surface area (Å²) in [6.45, 7) is 2.01. The first kappa shape index (κ1) is 19.5. The van der Waals surface area contributed by atoms with E-state index >= 15 is 0 Å². The summed E-state index contributed by atoms with van der Waals surface area (Å²) in [7, 11) is 0. The molecule has 31 heavy (non-hydrogen) atoms. The third-order valence-corrected chi connectivity index (χ3v) is 5.66. The van der Waals surface area contributed by atoms with Crippen molar-refractivity contribution >= 4 is 34.7 Å². The first-order valence-corrected chi connectivity index (χ1v) is 10.5. The minimum Gasteiger partial charge on any atom is -0.485 e. The highest BCUT2D eigenvalue weighted by Crippen LogP contribution is 2.36. The van der Waals surface area contributed by atoms with Crippen molar-refractivity contribution in [2.45, 2.75) is 29.9 Å². The fourth-order valence-corrected chi connectivity index (χ4v) is 3.88. The highest BCUT2D eigenvalue weighted by Gasteiger charge is 2.28. The Hall–Kier alpha value is -3.44. The number of fused-ring (bicyclic) bond motifs is 2. The van der Waals surface area contributed by atoms with Gasteiger partial charge in [-0.15, -0.1) is 10.2 Å². The molecule has 160 valence electrons. The molecule has 0 radical (unpaired) electrons. The van der Waals surface area contributed by atoms with Crippen molar-refractivity contribution < 1.29 is 23.8 Å². The van der Waals surface area contributed by atoms with Crippen LogP contribution in [0.4, 0.5) is 17.1 Å². The average molecular weight is 441 g/mol. The molecule has 4 N–H and O–H groups in total. The van der Waals surface area contributed by atoms with E-state index in [-0.39, 0.29) is 17.7 Å². The molecule has 3 atom stereocenters. The van der Waals surface area contributed by atoms with Gasteiger partial charge in [-0.2, -0.15) is 0 Å². The van der Waals surface area contributed by atoms with E-state index in [1.807, 2.05) is 24.3 Å².